The van der Waals surface area contributed by atoms with Crippen LogP contribution in [0.4, 0.5) is 11.4 Å². The van der Waals surface area contributed by atoms with E-state index in [1.807, 2.05) is 54.3 Å². The van der Waals surface area contributed by atoms with Crippen LogP contribution in [0, 0.1) is 0 Å². The fraction of sp³-hybridized carbons (Fsp3) is 0.391. The highest BCUT2D eigenvalue weighted by Crippen LogP contribution is 2.30. The van der Waals surface area contributed by atoms with Crippen molar-refractivity contribution in [1.29, 1.82) is 0 Å². The zero-order valence-electron chi connectivity index (χ0n) is 18.3. The first kappa shape index (κ1) is 24.8. The molecule has 31 heavy (non-hydrogen) atoms. The number of hydrogen-bond donors (Lipinski definition) is 2. The summed E-state index contributed by atoms with van der Waals surface area (Å²) in [5, 5.41) is 6.58. The van der Waals surface area contributed by atoms with Crippen LogP contribution in [0.25, 0.3) is 0 Å². The number of methoxy groups -OCH3 is 1. The Kier molecular flexibility index (Phi) is 9.90. The number of nitrogens with zero attached hydrogens (tertiary/aromatic N) is 2. The van der Waals surface area contributed by atoms with Gasteiger partial charge in [-0.1, -0.05) is 12.1 Å². The van der Waals surface area contributed by atoms with E-state index in [1.54, 1.807) is 14.2 Å². The number of halogens is 1. The summed E-state index contributed by atoms with van der Waals surface area (Å²) in [6.07, 6.45) is 2.69. The van der Waals surface area contributed by atoms with Crippen molar-refractivity contribution in [3.63, 3.8) is 0 Å². The van der Waals surface area contributed by atoms with Gasteiger partial charge < -0.3 is 25.0 Å². The number of amides is 1. The molecule has 0 saturated carbocycles. The Bertz CT molecular complexity index is 887. The molecular weight excluding hydrogens is 507 g/mol. The van der Waals surface area contributed by atoms with Crippen molar-refractivity contribution in [2.24, 2.45) is 4.99 Å². The quantitative estimate of drug-likeness (QED) is 0.310. The standard InChI is InChI=1S/C23H30N4O3.HI/c1-4-30-21-15-18(10-13-20(21)29-3)26-23(24-2)25-16-17-8-11-19(12-9-17)27-14-6-5-7-22(27)28;/h8-13,15H,4-7,14,16H2,1-3H3,(H2,24,25,26);1H. The van der Waals surface area contributed by atoms with Gasteiger partial charge >= 0.3 is 0 Å². The average molecular weight is 538 g/mol. The third-order valence-electron chi connectivity index (χ3n) is 4.98. The molecular formula is C23H31IN4O3. The Morgan fingerprint density at radius 2 is 1.90 bits per heavy atom. The van der Waals surface area contributed by atoms with E-state index in [9.17, 15) is 4.79 Å². The van der Waals surface area contributed by atoms with Gasteiger partial charge in [0, 0.05) is 44.0 Å². The topological polar surface area (TPSA) is 75.2 Å². The zero-order valence-corrected chi connectivity index (χ0v) is 20.6. The van der Waals surface area contributed by atoms with Crippen LogP contribution in [0.5, 0.6) is 11.5 Å². The highest BCUT2D eigenvalue weighted by atomic mass is 127. The molecule has 2 aromatic rings. The third kappa shape index (κ3) is 6.75. The van der Waals surface area contributed by atoms with Gasteiger partial charge in [-0.3, -0.25) is 9.79 Å². The second-order valence-electron chi connectivity index (χ2n) is 7.02. The van der Waals surface area contributed by atoms with Crippen LogP contribution >= 0.6 is 24.0 Å². The Balaban J connectivity index is 0.00000341. The molecule has 0 unspecified atom stereocenters. The first-order valence-corrected chi connectivity index (χ1v) is 10.3. The number of benzene rings is 2. The molecule has 1 aliphatic heterocycles. The van der Waals surface area contributed by atoms with Gasteiger partial charge in [-0.05, 0) is 49.6 Å². The molecule has 0 radical (unpaired) electrons. The molecule has 1 aliphatic rings. The Morgan fingerprint density at radius 3 is 2.55 bits per heavy atom. The zero-order chi connectivity index (χ0) is 21.3. The number of anilines is 2. The molecule has 1 saturated heterocycles. The minimum atomic E-state index is 0. The summed E-state index contributed by atoms with van der Waals surface area (Å²) in [6.45, 7) is 3.92. The lowest BCUT2D eigenvalue weighted by Gasteiger charge is -2.26. The van der Waals surface area contributed by atoms with E-state index < -0.39 is 0 Å². The summed E-state index contributed by atoms with van der Waals surface area (Å²) in [6, 6.07) is 13.8. The van der Waals surface area contributed by atoms with E-state index in [4.69, 9.17) is 9.47 Å². The number of carbonyl (C=O) groups is 1. The summed E-state index contributed by atoms with van der Waals surface area (Å²) in [5.74, 6) is 2.24. The predicted molar refractivity (Wildman–Crippen MR) is 136 cm³/mol. The van der Waals surface area contributed by atoms with E-state index in [1.165, 1.54) is 0 Å². The molecule has 1 heterocycles. The van der Waals surface area contributed by atoms with Crippen molar-refractivity contribution in [2.45, 2.75) is 32.7 Å². The maximum absolute atomic E-state index is 12.1. The number of rotatable bonds is 7. The number of aliphatic imine (C=N–C) groups is 1. The number of piperidine rings is 1. The second kappa shape index (κ2) is 12.4. The first-order valence-electron chi connectivity index (χ1n) is 10.3. The lowest BCUT2D eigenvalue weighted by Crippen LogP contribution is -2.35. The Labute approximate surface area is 201 Å². The highest BCUT2D eigenvalue weighted by molar-refractivity contribution is 14.0. The molecule has 7 nitrogen and oxygen atoms in total. The van der Waals surface area contributed by atoms with Crippen molar-refractivity contribution in [1.82, 2.24) is 5.32 Å². The van der Waals surface area contributed by atoms with E-state index >= 15 is 0 Å². The molecule has 1 amide bonds. The van der Waals surface area contributed by atoms with E-state index in [0.29, 0.717) is 37.0 Å². The second-order valence-corrected chi connectivity index (χ2v) is 7.02. The molecule has 168 valence electrons. The third-order valence-corrected chi connectivity index (χ3v) is 4.98. The minimum Gasteiger partial charge on any atom is -0.493 e. The summed E-state index contributed by atoms with van der Waals surface area (Å²) in [4.78, 5) is 18.2. The Morgan fingerprint density at radius 1 is 1.13 bits per heavy atom. The maximum atomic E-state index is 12.1. The summed E-state index contributed by atoms with van der Waals surface area (Å²) < 4.78 is 11.0. The molecule has 0 aliphatic carbocycles. The van der Waals surface area contributed by atoms with Crippen LogP contribution in [-0.4, -0.2) is 39.2 Å². The van der Waals surface area contributed by atoms with Crippen molar-refractivity contribution in [3.05, 3.63) is 48.0 Å². The molecule has 0 atom stereocenters. The molecule has 0 bridgehead atoms. The molecule has 1 fully saturated rings. The lowest BCUT2D eigenvalue weighted by atomic mass is 10.1. The first-order chi connectivity index (χ1) is 14.6. The SMILES string of the molecule is CCOc1cc(NC(=NC)NCc2ccc(N3CCCCC3=O)cc2)ccc1OC.I. The number of guanidine groups is 1. The van der Waals surface area contributed by atoms with Gasteiger partial charge in [0.15, 0.2) is 17.5 Å². The summed E-state index contributed by atoms with van der Waals surface area (Å²) >= 11 is 0. The van der Waals surface area contributed by atoms with Crippen molar-refractivity contribution in [3.8, 4) is 11.5 Å². The summed E-state index contributed by atoms with van der Waals surface area (Å²) in [5.41, 5.74) is 2.93. The fourth-order valence-corrected chi connectivity index (χ4v) is 3.40. The van der Waals surface area contributed by atoms with Crippen molar-refractivity contribution >= 4 is 47.2 Å². The van der Waals surface area contributed by atoms with Gasteiger partial charge in [-0.15, -0.1) is 24.0 Å². The smallest absolute Gasteiger partial charge is 0.226 e. The lowest BCUT2D eigenvalue weighted by molar-refractivity contribution is -0.119. The van der Waals surface area contributed by atoms with Gasteiger partial charge in [-0.2, -0.15) is 0 Å². The molecule has 2 N–H and O–H groups in total. The number of hydrogen-bond acceptors (Lipinski definition) is 4. The van der Waals surface area contributed by atoms with E-state index in [-0.39, 0.29) is 29.9 Å². The monoisotopic (exact) mass is 538 g/mol. The number of nitrogens with one attached hydrogen (secondary N) is 2. The number of ether oxygens (including phenoxy) is 2. The van der Waals surface area contributed by atoms with E-state index in [0.717, 1.165) is 36.3 Å². The molecule has 0 spiro atoms. The molecule has 8 heteroatoms. The largest absolute Gasteiger partial charge is 0.493 e. The molecule has 0 aromatic heterocycles. The van der Waals surface area contributed by atoms with Gasteiger partial charge in [0.1, 0.15) is 0 Å². The highest BCUT2D eigenvalue weighted by Gasteiger charge is 2.19. The van der Waals surface area contributed by atoms with Crippen LogP contribution in [-0.2, 0) is 11.3 Å². The van der Waals surface area contributed by atoms with Crippen LogP contribution < -0.4 is 25.0 Å². The van der Waals surface area contributed by atoms with Crippen LogP contribution in [0.2, 0.25) is 0 Å². The van der Waals surface area contributed by atoms with Gasteiger partial charge in [-0.25, -0.2) is 0 Å². The van der Waals surface area contributed by atoms with Crippen LogP contribution in [0.15, 0.2) is 47.5 Å². The fourth-order valence-electron chi connectivity index (χ4n) is 3.40. The van der Waals surface area contributed by atoms with Gasteiger partial charge in [0.05, 0.1) is 13.7 Å². The van der Waals surface area contributed by atoms with E-state index in [2.05, 4.69) is 15.6 Å². The molecule has 3 rings (SSSR count). The van der Waals surface area contributed by atoms with Crippen LogP contribution in [0.3, 0.4) is 0 Å². The van der Waals surface area contributed by atoms with Crippen LogP contribution in [0.1, 0.15) is 31.7 Å². The maximum Gasteiger partial charge on any atom is 0.226 e. The average Bonchev–Trinajstić information content (AvgIpc) is 2.78. The predicted octanol–water partition coefficient (Wildman–Crippen LogP) is 4.42. The summed E-state index contributed by atoms with van der Waals surface area (Å²) in [7, 11) is 3.35. The minimum absolute atomic E-state index is 0. The number of carbonyl (C=O) groups excluding carboxylic acids is 1. The van der Waals surface area contributed by atoms with Crippen molar-refractivity contribution in [2.75, 3.05) is 37.5 Å². The van der Waals surface area contributed by atoms with Crippen molar-refractivity contribution < 1.29 is 14.3 Å². The molecule has 2 aromatic carbocycles. The Hall–Kier alpha value is -2.49. The van der Waals surface area contributed by atoms with Gasteiger partial charge in [0.2, 0.25) is 5.91 Å². The van der Waals surface area contributed by atoms with Gasteiger partial charge in [0.25, 0.3) is 0 Å². The normalized spacial score (nSPS) is 14.0.